The fourth-order valence-electron chi connectivity index (χ4n) is 4.60. The van der Waals surface area contributed by atoms with Gasteiger partial charge >= 0.3 is 6.18 Å². The minimum Gasteiger partial charge on any atom is -0.493 e. The normalized spacial score (nSPS) is 18.0. The van der Waals surface area contributed by atoms with Crippen molar-refractivity contribution in [1.82, 2.24) is 10.1 Å². The Balaban J connectivity index is 1.40. The van der Waals surface area contributed by atoms with E-state index in [1.165, 1.54) is 0 Å². The van der Waals surface area contributed by atoms with Crippen LogP contribution in [0.15, 0.2) is 34.9 Å². The Labute approximate surface area is 207 Å². The van der Waals surface area contributed by atoms with Gasteiger partial charge in [0, 0.05) is 41.7 Å². The quantitative estimate of drug-likeness (QED) is 0.342. The number of ketones is 2. The first kappa shape index (κ1) is 24.4. The molecule has 0 bridgehead atoms. The molecule has 1 aromatic heterocycles. The third kappa shape index (κ3) is 4.50. The molecule has 2 aromatic carbocycles. The second-order valence-electron chi connectivity index (χ2n) is 9.21. The lowest BCUT2D eigenvalue weighted by Crippen LogP contribution is -2.30. The minimum atomic E-state index is -4.95. The van der Waals surface area contributed by atoms with E-state index in [1.807, 2.05) is 0 Å². The standard InChI is InChI=1S/C25H19ClF4N2O4/c1-12-31-23(32-36-12)22-17(8-15(26)9-18(22)27)13-2-3-16-14(11-35-19(16)6-13)7-20(33)24(4-5-24)10-21(34)25(28,29)30/h2-3,6,8-9,14H,4-5,7,10-11H2,1H3. The van der Waals surface area contributed by atoms with Crippen LogP contribution >= 0.6 is 11.6 Å². The van der Waals surface area contributed by atoms with E-state index in [-0.39, 0.29) is 59.9 Å². The molecule has 2 aliphatic rings. The number of nitrogens with zero attached hydrogens (tertiary/aromatic N) is 2. The van der Waals surface area contributed by atoms with Crippen molar-refractivity contribution in [1.29, 1.82) is 0 Å². The van der Waals surface area contributed by atoms with Gasteiger partial charge in [-0.3, -0.25) is 9.59 Å². The first-order valence-corrected chi connectivity index (χ1v) is 11.5. The van der Waals surface area contributed by atoms with Crippen LogP contribution in [-0.2, 0) is 9.59 Å². The molecule has 1 fully saturated rings. The van der Waals surface area contributed by atoms with Crippen LogP contribution in [0.1, 0.15) is 43.1 Å². The van der Waals surface area contributed by atoms with Crippen LogP contribution in [0, 0.1) is 18.2 Å². The molecule has 1 aliphatic heterocycles. The van der Waals surface area contributed by atoms with Crippen LogP contribution in [0.25, 0.3) is 22.5 Å². The van der Waals surface area contributed by atoms with E-state index in [0.29, 0.717) is 22.4 Å². The maximum atomic E-state index is 14.9. The zero-order valence-corrected chi connectivity index (χ0v) is 19.7. The van der Waals surface area contributed by atoms with Crippen LogP contribution in [0.3, 0.4) is 0 Å². The molecule has 36 heavy (non-hydrogen) atoms. The van der Waals surface area contributed by atoms with Gasteiger partial charge in [-0.25, -0.2) is 4.39 Å². The number of aryl methyl sites for hydroxylation is 1. The topological polar surface area (TPSA) is 82.3 Å². The van der Waals surface area contributed by atoms with Crippen molar-refractivity contribution in [3.63, 3.8) is 0 Å². The molecular weight excluding hydrogens is 504 g/mol. The Kier molecular flexibility index (Phi) is 5.89. The highest BCUT2D eigenvalue weighted by molar-refractivity contribution is 6.31. The number of alkyl halides is 3. The number of aromatic nitrogens is 2. The smallest absolute Gasteiger partial charge is 0.450 e. The van der Waals surface area contributed by atoms with Crippen molar-refractivity contribution in [2.75, 3.05) is 6.61 Å². The molecule has 1 aliphatic carbocycles. The van der Waals surface area contributed by atoms with Gasteiger partial charge in [0.15, 0.2) is 0 Å². The van der Waals surface area contributed by atoms with Crippen LogP contribution in [0.2, 0.25) is 5.02 Å². The Morgan fingerprint density at radius 1 is 1.19 bits per heavy atom. The number of hydrogen-bond acceptors (Lipinski definition) is 6. The second-order valence-corrected chi connectivity index (χ2v) is 9.65. The fourth-order valence-corrected chi connectivity index (χ4v) is 4.80. The molecule has 0 spiro atoms. The highest BCUT2D eigenvalue weighted by atomic mass is 35.5. The predicted octanol–water partition coefficient (Wildman–Crippen LogP) is 6.24. The summed E-state index contributed by atoms with van der Waals surface area (Å²) in [6.07, 6.45) is -5.25. The minimum absolute atomic E-state index is 0.0311. The molecule has 5 rings (SSSR count). The van der Waals surface area contributed by atoms with E-state index in [1.54, 1.807) is 31.2 Å². The van der Waals surface area contributed by atoms with Gasteiger partial charge in [0.2, 0.25) is 17.5 Å². The van der Waals surface area contributed by atoms with Crippen molar-refractivity contribution in [3.05, 3.63) is 52.6 Å². The molecule has 3 aromatic rings. The summed E-state index contributed by atoms with van der Waals surface area (Å²) in [5.74, 6) is -2.44. The van der Waals surface area contributed by atoms with E-state index in [2.05, 4.69) is 10.1 Å². The number of carbonyl (C=O) groups is 2. The third-order valence-corrected chi connectivity index (χ3v) is 6.92. The summed E-state index contributed by atoms with van der Waals surface area (Å²) in [7, 11) is 0. The maximum Gasteiger partial charge on any atom is 0.450 e. The second kappa shape index (κ2) is 8.69. The number of rotatable bonds is 7. The lowest BCUT2D eigenvalue weighted by atomic mass is 9.85. The van der Waals surface area contributed by atoms with Gasteiger partial charge in [-0.05, 0) is 42.2 Å². The number of fused-ring (bicyclic) bond motifs is 1. The summed E-state index contributed by atoms with van der Waals surface area (Å²) in [6, 6.07) is 7.85. The van der Waals surface area contributed by atoms with E-state index in [0.717, 1.165) is 6.07 Å². The van der Waals surface area contributed by atoms with Crippen LogP contribution in [0.4, 0.5) is 17.6 Å². The molecule has 0 saturated heterocycles. The number of hydrogen-bond donors (Lipinski definition) is 0. The van der Waals surface area contributed by atoms with Gasteiger partial charge in [0.05, 0.1) is 12.2 Å². The summed E-state index contributed by atoms with van der Waals surface area (Å²) >= 11 is 6.11. The van der Waals surface area contributed by atoms with Gasteiger partial charge in [-0.15, -0.1) is 0 Å². The molecule has 6 nitrogen and oxygen atoms in total. The van der Waals surface area contributed by atoms with E-state index in [9.17, 15) is 27.2 Å². The average molecular weight is 523 g/mol. The SMILES string of the molecule is Cc1nc(-c2c(F)cc(Cl)cc2-c2ccc3c(c2)OCC3CC(=O)C2(CC(=O)C(F)(F)F)CC2)no1. The predicted molar refractivity (Wildman–Crippen MR) is 120 cm³/mol. The van der Waals surface area contributed by atoms with Crippen molar-refractivity contribution in [3.8, 4) is 28.3 Å². The molecule has 1 saturated carbocycles. The number of benzene rings is 2. The van der Waals surface area contributed by atoms with Crippen LogP contribution in [-0.4, -0.2) is 34.5 Å². The molecule has 11 heteroatoms. The number of carbonyl (C=O) groups excluding carboxylic acids is 2. The molecule has 2 heterocycles. The monoisotopic (exact) mass is 522 g/mol. The molecular formula is C25H19ClF4N2O4. The van der Waals surface area contributed by atoms with Crippen molar-refractivity contribution >= 4 is 23.2 Å². The Hall–Kier alpha value is -3.27. The first-order valence-electron chi connectivity index (χ1n) is 11.2. The lowest BCUT2D eigenvalue weighted by molar-refractivity contribution is -0.172. The first-order chi connectivity index (χ1) is 17.0. The molecule has 0 amide bonds. The zero-order valence-electron chi connectivity index (χ0n) is 18.9. The van der Waals surface area contributed by atoms with Gasteiger partial charge < -0.3 is 9.26 Å². The van der Waals surface area contributed by atoms with E-state index < -0.39 is 29.6 Å². The van der Waals surface area contributed by atoms with Gasteiger partial charge in [0.1, 0.15) is 17.3 Å². The summed E-state index contributed by atoms with van der Waals surface area (Å²) in [6.45, 7) is 1.74. The van der Waals surface area contributed by atoms with Gasteiger partial charge in [-0.2, -0.15) is 18.2 Å². The molecule has 188 valence electrons. The third-order valence-electron chi connectivity index (χ3n) is 6.70. The Bertz CT molecular complexity index is 1380. The van der Waals surface area contributed by atoms with Crippen molar-refractivity contribution in [2.45, 2.75) is 44.7 Å². The van der Waals surface area contributed by atoms with Crippen LogP contribution in [0.5, 0.6) is 5.75 Å². The maximum absolute atomic E-state index is 14.9. The fraction of sp³-hybridized carbons (Fsp3) is 0.360. The Morgan fingerprint density at radius 2 is 1.94 bits per heavy atom. The molecule has 0 radical (unpaired) electrons. The molecule has 1 unspecified atom stereocenters. The zero-order chi connectivity index (χ0) is 25.8. The van der Waals surface area contributed by atoms with E-state index >= 15 is 0 Å². The lowest BCUT2D eigenvalue weighted by Gasteiger charge is -2.17. The Morgan fingerprint density at radius 3 is 2.58 bits per heavy atom. The van der Waals surface area contributed by atoms with Gasteiger partial charge in [0.25, 0.3) is 0 Å². The molecule has 0 N–H and O–H groups in total. The number of ether oxygens (including phenoxy) is 1. The molecule has 1 atom stereocenters. The summed E-state index contributed by atoms with van der Waals surface area (Å²) in [5, 5.41) is 3.98. The van der Waals surface area contributed by atoms with Crippen LogP contribution < -0.4 is 4.74 Å². The van der Waals surface area contributed by atoms with Gasteiger partial charge in [-0.1, -0.05) is 28.9 Å². The summed E-state index contributed by atoms with van der Waals surface area (Å²) in [5.41, 5.74) is 0.560. The largest absolute Gasteiger partial charge is 0.493 e. The average Bonchev–Trinajstić information content (AvgIpc) is 3.29. The van der Waals surface area contributed by atoms with Crippen molar-refractivity contribution < 1.29 is 36.4 Å². The summed E-state index contributed by atoms with van der Waals surface area (Å²) in [4.78, 5) is 28.4. The number of Topliss-reactive ketones (excluding diaryl/α,β-unsaturated/α-hetero) is 2. The highest BCUT2D eigenvalue weighted by Crippen LogP contribution is 2.53. The summed E-state index contributed by atoms with van der Waals surface area (Å²) < 4.78 is 63.8. The van der Waals surface area contributed by atoms with Crippen molar-refractivity contribution in [2.24, 2.45) is 5.41 Å². The van der Waals surface area contributed by atoms with E-state index in [4.69, 9.17) is 20.9 Å². The highest BCUT2D eigenvalue weighted by Gasteiger charge is 2.55. The number of halogens is 5.